The number of hydrogen-bond acceptors (Lipinski definition) is 7. The number of allylic oxidation sites excluding steroid dienone is 2. The molecule has 1 aliphatic rings. The van der Waals surface area contributed by atoms with Crippen molar-refractivity contribution >= 4 is 12.1 Å². The minimum Gasteiger partial charge on any atom is -0.507 e. The van der Waals surface area contributed by atoms with Gasteiger partial charge in [-0.25, -0.2) is 0 Å². The Bertz CT molecular complexity index is 1010. The number of aromatic hydroxyl groups is 3. The molecule has 3 N–H and O–H groups in total. The Morgan fingerprint density at radius 3 is 2.70 bits per heavy atom. The molecule has 2 aromatic rings. The second kappa shape index (κ2) is 8.90. The highest BCUT2D eigenvalue weighted by Gasteiger charge is 2.33. The van der Waals surface area contributed by atoms with Crippen LogP contribution in [0.5, 0.6) is 28.7 Å². The Morgan fingerprint density at radius 1 is 1.23 bits per heavy atom. The highest BCUT2D eigenvalue weighted by Crippen LogP contribution is 2.45. The molecule has 0 unspecified atom stereocenters. The van der Waals surface area contributed by atoms with Gasteiger partial charge in [0.15, 0.2) is 17.3 Å². The van der Waals surface area contributed by atoms with E-state index in [1.54, 1.807) is 12.1 Å². The van der Waals surface area contributed by atoms with Gasteiger partial charge in [0.25, 0.3) is 0 Å². The van der Waals surface area contributed by atoms with E-state index in [1.807, 2.05) is 13.0 Å². The molecule has 0 spiro atoms. The summed E-state index contributed by atoms with van der Waals surface area (Å²) in [5, 5.41) is 30.8. The van der Waals surface area contributed by atoms with Gasteiger partial charge in [-0.15, -0.1) is 0 Å². The summed E-state index contributed by atoms with van der Waals surface area (Å²) < 4.78 is 11.0. The molecule has 2 aromatic carbocycles. The molecule has 3 rings (SSSR count). The summed E-state index contributed by atoms with van der Waals surface area (Å²) in [5.41, 5.74) is 1.85. The van der Waals surface area contributed by atoms with Crippen molar-refractivity contribution in [2.45, 2.75) is 38.7 Å². The van der Waals surface area contributed by atoms with Gasteiger partial charge < -0.3 is 29.6 Å². The van der Waals surface area contributed by atoms with Crippen LogP contribution in [0.15, 0.2) is 35.9 Å². The van der Waals surface area contributed by atoms with Crippen LogP contribution >= 0.6 is 0 Å². The summed E-state index contributed by atoms with van der Waals surface area (Å²) in [5.74, 6) is -0.455. The number of methoxy groups -OCH3 is 1. The van der Waals surface area contributed by atoms with Crippen LogP contribution in [0.1, 0.15) is 53.8 Å². The van der Waals surface area contributed by atoms with Crippen LogP contribution < -0.4 is 9.47 Å². The minimum atomic E-state index is -0.644. The summed E-state index contributed by atoms with van der Waals surface area (Å²) in [6.45, 7) is 1.86. The summed E-state index contributed by atoms with van der Waals surface area (Å²) >= 11 is 0. The SMILES string of the molecule is COc1cc([C@@H]2CC(=O)c3c(cc(O)c(CC=C(C)CCC=O)c3O)O2)ccc1O. The maximum atomic E-state index is 12.8. The first kappa shape index (κ1) is 21.2. The molecule has 0 bridgehead atoms. The first-order valence-corrected chi connectivity index (χ1v) is 9.59. The number of aldehydes is 1. The quantitative estimate of drug-likeness (QED) is 0.465. The normalized spacial score (nSPS) is 16.0. The number of ketones is 1. The number of ether oxygens (including phenoxy) is 2. The third-order valence-corrected chi connectivity index (χ3v) is 5.15. The van der Waals surface area contributed by atoms with E-state index < -0.39 is 6.10 Å². The third-order valence-electron chi connectivity index (χ3n) is 5.15. The van der Waals surface area contributed by atoms with Crippen LogP contribution in [0, 0.1) is 0 Å². The molecule has 0 aromatic heterocycles. The van der Waals surface area contributed by atoms with Crippen molar-refractivity contribution in [1.29, 1.82) is 0 Å². The van der Waals surface area contributed by atoms with Gasteiger partial charge in [-0.1, -0.05) is 17.7 Å². The Kier molecular flexibility index (Phi) is 6.30. The smallest absolute Gasteiger partial charge is 0.174 e. The number of fused-ring (bicyclic) bond motifs is 1. The average Bonchev–Trinajstić information content (AvgIpc) is 2.71. The van der Waals surface area contributed by atoms with Gasteiger partial charge >= 0.3 is 0 Å². The second-order valence-corrected chi connectivity index (χ2v) is 7.22. The summed E-state index contributed by atoms with van der Waals surface area (Å²) in [6.07, 6.45) is 3.21. The van der Waals surface area contributed by atoms with E-state index in [0.717, 1.165) is 11.9 Å². The second-order valence-electron chi connectivity index (χ2n) is 7.22. The van der Waals surface area contributed by atoms with E-state index >= 15 is 0 Å². The number of carbonyl (C=O) groups excluding carboxylic acids is 2. The van der Waals surface area contributed by atoms with Gasteiger partial charge in [-0.2, -0.15) is 0 Å². The highest BCUT2D eigenvalue weighted by atomic mass is 16.5. The Labute approximate surface area is 174 Å². The van der Waals surface area contributed by atoms with Crippen molar-refractivity contribution in [2.75, 3.05) is 7.11 Å². The van der Waals surface area contributed by atoms with Crippen molar-refractivity contribution < 1.29 is 34.4 Å². The molecule has 7 nitrogen and oxygen atoms in total. The molecular formula is C23H24O7. The Hall–Kier alpha value is -3.48. The molecule has 0 saturated carbocycles. The van der Waals surface area contributed by atoms with Crippen LogP contribution in [-0.2, 0) is 11.2 Å². The van der Waals surface area contributed by atoms with Crippen LogP contribution in [0.4, 0.5) is 0 Å². The molecule has 0 saturated heterocycles. The van der Waals surface area contributed by atoms with Gasteiger partial charge in [0, 0.05) is 18.1 Å². The van der Waals surface area contributed by atoms with Gasteiger partial charge in [0.05, 0.1) is 13.5 Å². The highest BCUT2D eigenvalue weighted by molar-refractivity contribution is 6.03. The molecule has 0 amide bonds. The standard InChI is InChI=1S/C23H24O7/c1-13(4-3-9-24)5-7-15-17(26)11-21-22(23(15)28)18(27)12-19(30-21)14-6-8-16(25)20(10-14)29-2/h5-6,8-11,19,25-26,28H,3-4,7,12H2,1-2H3/t19-/m0/s1. The number of rotatable bonds is 7. The van der Waals surface area contributed by atoms with Gasteiger partial charge in [0.1, 0.15) is 35.2 Å². The van der Waals surface area contributed by atoms with E-state index in [1.165, 1.54) is 19.2 Å². The van der Waals surface area contributed by atoms with Crippen molar-refractivity contribution in [3.8, 4) is 28.7 Å². The molecule has 1 heterocycles. The molecule has 158 valence electrons. The lowest BCUT2D eigenvalue weighted by atomic mass is 9.92. The Morgan fingerprint density at radius 2 is 2.00 bits per heavy atom. The minimum absolute atomic E-state index is 0.00704. The number of phenols is 3. The van der Waals surface area contributed by atoms with Crippen LogP contribution in [-0.4, -0.2) is 34.5 Å². The first-order chi connectivity index (χ1) is 14.3. The topological polar surface area (TPSA) is 113 Å². The number of hydrogen-bond donors (Lipinski definition) is 3. The molecule has 0 radical (unpaired) electrons. The van der Waals surface area contributed by atoms with E-state index in [2.05, 4.69) is 0 Å². The maximum Gasteiger partial charge on any atom is 0.174 e. The van der Waals surface area contributed by atoms with E-state index in [9.17, 15) is 24.9 Å². The van der Waals surface area contributed by atoms with Crippen molar-refractivity contribution in [2.24, 2.45) is 0 Å². The number of carbonyl (C=O) groups is 2. The van der Waals surface area contributed by atoms with Crippen LogP contribution in [0.2, 0.25) is 0 Å². The molecule has 0 fully saturated rings. The predicted octanol–water partition coefficient (Wildman–Crippen LogP) is 3.99. The molecule has 7 heteroatoms. The number of phenolic OH excluding ortho intramolecular Hbond substituents is 3. The van der Waals surface area contributed by atoms with Crippen LogP contribution in [0.25, 0.3) is 0 Å². The molecular weight excluding hydrogens is 388 g/mol. The lowest BCUT2D eigenvalue weighted by Gasteiger charge is -2.27. The van der Waals surface area contributed by atoms with E-state index in [-0.39, 0.29) is 58.5 Å². The maximum absolute atomic E-state index is 12.8. The fourth-order valence-corrected chi connectivity index (χ4v) is 3.45. The monoisotopic (exact) mass is 412 g/mol. The van der Waals surface area contributed by atoms with Crippen LogP contribution in [0.3, 0.4) is 0 Å². The lowest BCUT2D eigenvalue weighted by molar-refractivity contribution is -0.107. The van der Waals surface area contributed by atoms with Gasteiger partial charge in [0.2, 0.25) is 0 Å². The number of benzene rings is 2. The van der Waals surface area contributed by atoms with Crippen molar-refractivity contribution in [3.63, 3.8) is 0 Å². The van der Waals surface area contributed by atoms with Crippen molar-refractivity contribution in [3.05, 3.63) is 52.6 Å². The molecule has 0 aliphatic carbocycles. The lowest BCUT2D eigenvalue weighted by Crippen LogP contribution is -2.21. The average molecular weight is 412 g/mol. The fraction of sp³-hybridized carbons (Fsp3) is 0.304. The first-order valence-electron chi connectivity index (χ1n) is 9.59. The Balaban J connectivity index is 1.90. The largest absolute Gasteiger partial charge is 0.507 e. The molecule has 1 aliphatic heterocycles. The van der Waals surface area contributed by atoms with Gasteiger partial charge in [-0.05, 0) is 37.5 Å². The zero-order valence-electron chi connectivity index (χ0n) is 16.8. The summed E-state index contributed by atoms with van der Waals surface area (Å²) in [4.78, 5) is 23.3. The van der Waals surface area contributed by atoms with E-state index in [0.29, 0.717) is 18.4 Å². The van der Waals surface area contributed by atoms with Gasteiger partial charge in [-0.3, -0.25) is 4.79 Å². The number of Topliss-reactive ketones (excluding diaryl/α,β-unsaturated/α-hetero) is 1. The third kappa shape index (κ3) is 4.25. The van der Waals surface area contributed by atoms with E-state index in [4.69, 9.17) is 9.47 Å². The van der Waals surface area contributed by atoms with Crippen molar-refractivity contribution in [1.82, 2.24) is 0 Å². The predicted molar refractivity (Wildman–Crippen MR) is 110 cm³/mol. The fourth-order valence-electron chi connectivity index (χ4n) is 3.45. The zero-order valence-corrected chi connectivity index (χ0v) is 16.8. The summed E-state index contributed by atoms with van der Waals surface area (Å²) in [6, 6.07) is 6.00. The zero-order chi connectivity index (χ0) is 21.8. The summed E-state index contributed by atoms with van der Waals surface area (Å²) in [7, 11) is 1.42. The molecule has 30 heavy (non-hydrogen) atoms. The molecule has 1 atom stereocenters.